The van der Waals surface area contributed by atoms with E-state index in [1.165, 1.54) is 5.56 Å². The van der Waals surface area contributed by atoms with Crippen LogP contribution in [0, 0.1) is 6.92 Å². The Labute approximate surface area is 183 Å². The smallest absolute Gasteiger partial charge is 0.271 e. The first-order valence-corrected chi connectivity index (χ1v) is 10.5. The van der Waals surface area contributed by atoms with Gasteiger partial charge in [0.2, 0.25) is 0 Å². The average molecular weight is 417 g/mol. The molecule has 0 aliphatic carbocycles. The van der Waals surface area contributed by atoms with E-state index in [0.717, 1.165) is 35.5 Å². The second-order valence-electron chi connectivity index (χ2n) is 7.27. The molecule has 1 N–H and O–H groups in total. The summed E-state index contributed by atoms with van der Waals surface area (Å²) in [6, 6.07) is 22.9. The Morgan fingerprint density at radius 3 is 2.23 bits per heavy atom. The first kappa shape index (κ1) is 22.1. The Hall–Kier alpha value is -3.60. The predicted octanol–water partition coefficient (Wildman–Crippen LogP) is 5.52. The first-order valence-electron chi connectivity index (χ1n) is 10.5. The van der Waals surface area contributed by atoms with E-state index in [-0.39, 0.29) is 5.91 Å². The normalized spacial score (nSPS) is 10.8. The maximum absolute atomic E-state index is 12.2. The number of benzene rings is 3. The number of carbonyl (C=O) groups excluding carboxylic acids is 1. The number of ether oxygens (including phenoxy) is 2. The fourth-order valence-electron chi connectivity index (χ4n) is 2.77. The van der Waals surface area contributed by atoms with E-state index < -0.39 is 0 Å². The minimum Gasteiger partial charge on any atom is -0.494 e. The van der Waals surface area contributed by atoms with Crippen LogP contribution < -0.4 is 14.9 Å². The second-order valence-corrected chi connectivity index (χ2v) is 7.27. The van der Waals surface area contributed by atoms with Crippen molar-refractivity contribution in [3.8, 4) is 11.5 Å². The van der Waals surface area contributed by atoms with Crippen molar-refractivity contribution in [2.45, 2.75) is 33.3 Å². The van der Waals surface area contributed by atoms with Gasteiger partial charge in [-0.25, -0.2) is 5.43 Å². The Morgan fingerprint density at radius 1 is 0.903 bits per heavy atom. The summed E-state index contributed by atoms with van der Waals surface area (Å²) in [5.41, 5.74) is 6.29. The highest BCUT2D eigenvalue weighted by atomic mass is 16.5. The maximum atomic E-state index is 12.2. The molecule has 0 heterocycles. The molecule has 5 heteroatoms. The summed E-state index contributed by atoms with van der Waals surface area (Å²) >= 11 is 0. The van der Waals surface area contributed by atoms with Crippen molar-refractivity contribution in [1.82, 2.24) is 5.43 Å². The molecule has 0 radical (unpaired) electrons. The van der Waals surface area contributed by atoms with E-state index in [2.05, 4.69) is 48.6 Å². The number of unbranched alkanes of at least 4 members (excludes halogenated alkanes) is 1. The van der Waals surface area contributed by atoms with E-state index in [9.17, 15) is 4.79 Å². The molecule has 0 unspecified atom stereocenters. The summed E-state index contributed by atoms with van der Waals surface area (Å²) in [7, 11) is 0. The SMILES string of the molecule is CCCCOc1ccc(C(=O)N/N=C\c2ccc(OCc3ccc(C)cc3)cc2)cc1. The highest BCUT2D eigenvalue weighted by Crippen LogP contribution is 2.15. The van der Waals surface area contributed by atoms with Gasteiger partial charge in [0.05, 0.1) is 12.8 Å². The fourth-order valence-corrected chi connectivity index (χ4v) is 2.77. The van der Waals surface area contributed by atoms with E-state index in [0.29, 0.717) is 18.8 Å². The monoisotopic (exact) mass is 416 g/mol. The molecule has 0 saturated heterocycles. The number of hydrogen-bond acceptors (Lipinski definition) is 4. The van der Waals surface area contributed by atoms with Gasteiger partial charge < -0.3 is 9.47 Å². The molecule has 0 aliphatic heterocycles. The number of hydrogen-bond donors (Lipinski definition) is 1. The van der Waals surface area contributed by atoms with Gasteiger partial charge in [-0.1, -0.05) is 43.2 Å². The van der Waals surface area contributed by atoms with Crippen LogP contribution in [0.3, 0.4) is 0 Å². The minimum atomic E-state index is -0.269. The Balaban J connectivity index is 1.45. The van der Waals surface area contributed by atoms with Gasteiger partial charge in [0.15, 0.2) is 0 Å². The third-order valence-corrected chi connectivity index (χ3v) is 4.67. The van der Waals surface area contributed by atoms with E-state index in [4.69, 9.17) is 9.47 Å². The Kier molecular flexibility index (Phi) is 8.23. The van der Waals surface area contributed by atoms with Crippen molar-refractivity contribution in [3.05, 3.63) is 95.1 Å². The second kappa shape index (κ2) is 11.6. The molecule has 3 rings (SSSR count). The number of rotatable bonds is 10. The van der Waals surface area contributed by atoms with Gasteiger partial charge in [-0.3, -0.25) is 4.79 Å². The van der Waals surface area contributed by atoms with Crippen molar-refractivity contribution < 1.29 is 14.3 Å². The van der Waals surface area contributed by atoms with Gasteiger partial charge in [-0.05, 0) is 73.0 Å². The zero-order valence-electron chi connectivity index (χ0n) is 18.0. The summed E-state index contributed by atoms with van der Waals surface area (Å²) in [4.78, 5) is 12.2. The number of nitrogens with one attached hydrogen (secondary N) is 1. The maximum Gasteiger partial charge on any atom is 0.271 e. The third-order valence-electron chi connectivity index (χ3n) is 4.67. The summed E-state index contributed by atoms with van der Waals surface area (Å²) in [6.45, 7) is 5.38. The number of aryl methyl sites for hydroxylation is 1. The molecule has 1 amide bonds. The zero-order chi connectivity index (χ0) is 21.9. The number of carbonyl (C=O) groups is 1. The van der Waals surface area contributed by atoms with Crippen LogP contribution in [0.5, 0.6) is 11.5 Å². The van der Waals surface area contributed by atoms with Crippen molar-refractivity contribution in [2.24, 2.45) is 5.10 Å². The van der Waals surface area contributed by atoms with Crippen LogP contribution in [0.2, 0.25) is 0 Å². The molecule has 0 atom stereocenters. The lowest BCUT2D eigenvalue weighted by atomic mass is 10.2. The van der Waals surface area contributed by atoms with Gasteiger partial charge in [-0.15, -0.1) is 0 Å². The summed E-state index contributed by atoms with van der Waals surface area (Å²) in [5, 5.41) is 4.04. The molecule has 0 bridgehead atoms. The summed E-state index contributed by atoms with van der Waals surface area (Å²) in [6.07, 6.45) is 3.70. The van der Waals surface area contributed by atoms with Gasteiger partial charge in [0, 0.05) is 5.56 Å². The van der Waals surface area contributed by atoms with Crippen LogP contribution in [0.4, 0.5) is 0 Å². The topological polar surface area (TPSA) is 59.9 Å². The molecule has 3 aromatic carbocycles. The average Bonchev–Trinajstić information content (AvgIpc) is 2.80. The molecule has 160 valence electrons. The van der Waals surface area contributed by atoms with Crippen molar-refractivity contribution in [1.29, 1.82) is 0 Å². The van der Waals surface area contributed by atoms with Crippen molar-refractivity contribution >= 4 is 12.1 Å². The largest absolute Gasteiger partial charge is 0.494 e. The van der Waals surface area contributed by atoms with Crippen LogP contribution in [0.25, 0.3) is 0 Å². The molecule has 5 nitrogen and oxygen atoms in total. The van der Waals surface area contributed by atoms with Crippen LogP contribution in [-0.2, 0) is 6.61 Å². The summed E-state index contributed by atoms with van der Waals surface area (Å²) < 4.78 is 11.4. The minimum absolute atomic E-state index is 0.269. The van der Waals surface area contributed by atoms with Crippen molar-refractivity contribution in [2.75, 3.05) is 6.61 Å². The molecule has 0 aliphatic rings. The zero-order valence-corrected chi connectivity index (χ0v) is 18.0. The lowest BCUT2D eigenvalue weighted by molar-refractivity contribution is 0.0955. The van der Waals surface area contributed by atoms with Gasteiger partial charge in [-0.2, -0.15) is 5.10 Å². The molecule has 0 fully saturated rings. The Bertz CT molecular complexity index is 979. The van der Waals surface area contributed by atoms with Crippen LogP contribution >= 0.6 is 0 Å². The van der Waals surface area contributed by atoms with E-state index in [1.54, 1.807) is 30.5 Å². The molecule has 3 aromatic rings. The highest BCUT2D eigenvalue weighted by molar-refractivity contribution is 5.95. The highest BCUT2D eigenvalue weighted by Gasteiger charge is 2.04. The number of amides is 1. The first-order chi connectivity index (χ1) is 15.1. The molecule has 0 saturated carbocycles. The quantitative estimate of drug-likeness (QED) is 0.269. The molecule has 0 spiro atoms. The van der Waals surface area contributed by atoms with E-state index >= 15 is 0 Å². The third kappa shape index (κ3) is 7.30. The standard InChI is InChI=1S/C26H28N2O3/c1-3-4-17-30-24-15-11-23(12-16-24)26(29)28-27-18-21-9-13-25(14-10-21)31-19-22-7-5-20(2)6-8-22/h5-16,18H,3-4,17,19H2,1-2H3,(H,28,29)/b27-18-. The van der Waals surface area contributed by atoms with Crippen LogP contribution in [-0.4, -0.2) is 18.7 Å². The lowest BCUT2D eigenvalue weighted by Crippen LogP contribution is -2.17. The molecular formula is C26H28N2O3. The number of nitrogens with zero attached hydrogens (tertiary/aromatic N) is 1. The number of hydrazone groups is 1. The molecular weight excluding hydrogens is 388 g/mol. The van der Waals surface area contributed by atoms with Gasteiger partial charge in [0.1, 0.15) is 18.1 Å². The lowest BCUT2D eigenvalue weighted by Gasteiger charge is -2.07. The fraction of sp³-hybridized carbons (Fsp3) is 0.231. The predicted molar refractivity (Wildman–Crippen MR) is 124 cm³/mol. The summed E-state index contributed by atoms with van der Waals surface area (Å²) in [5.74, 6) is 1.27. The Morgan fingerprint density at radius 2 is 1.55 bits per heavy atom. The van der Waals surface area contributed by atoms with Crippen LogP contribution in [0.1, 0.15) is 46.8 Å². The van der Waals surface area contributed by atoms with Crippen LogP contribution in [0.15, 0.2) is 77.9 Å². The van der Waals surface area contributed by atoms with Gasteiger partial charge >= 0.3 is 0 Å². The molecule has 0 aromatic heterocycles. The molecule has 31 heavy (non-hydrogen) atoms. The van der Waals surface area contributed by atoms with Crippen molar-refractivity contribution in [3.63, 3.8) is 0 Å². The van der Waals surface area contributed by atoms with E-state index in [1.807, 2.05) is 24.3 Å². The van der Waals surface area contributed by atoms with Gasteiger partial charge in [0.25, 0.3) is 5.91 Å².